The fraction of sp³-hybridized carbons (Fsp3) is 0.387. The first kappa shape index (κ1) is 30.5. The van der Waals surface area contributed by atoms with Crippen molar-refractivity contribution >= 4 is 29.2 Å². The van der Waals surface area contributed by atoms with Crippen molar-refractivity contribution in [2.75, 3.05) is 38.8 Å². The molecule has 9 nitrogen and oxygen atoms in total. The number of aryl methyl sites for hydroxylation is 1. The summed E-state index contributed by atoms with van der Waals surface area (Å²) >= 11 is 6.10. The van der Waals surface area contributed by atoms with Crippen molar-refractivity contribution in [3.8, 4) is 5.75 Å². The van der Waals surface area contributed by atoms with Crippen LogP contribution in [0.1, 0.15) is 29.0 Å². The second kappa shape index (κ2) is 13.1. The van der Waals surface area contributed by atoms with Crippen molar-refractivity contribution < 1.29 is 27.8 Å². The first-order valence-corrected chi connectivity index (χ1v) is 14.4. The van der Waals surface area contributed by atoms with Gasteiger partial charge >= 0.3 is 6.03 Å². The predicted molar refractivity (Wildman–Crippen MR) is 158 cm³/mol. The molecule has 1 saturated heterocycles. The molecule has 1 aliphatic carbocycles. The number of amides is 3. The molecule has 43 heavy (non-hydrogen) atoms. The molecule has 3 atom stereocenters. The summed E-state index contributed by atoms with van der Waals surface area (Å²) in [7, 11) is 2.81. The van der Waals surface area contributed by atoms with Crippen molar-refractivity contribution in [3.05, 3.63) is 92.4 Å². The zero-order chi connectivity index (χ0) is 30.7. The van der Waals surface area contributed by atoms with Gasteiger partial charge in [-0.25, -0.2) is 13.6 Å². The highest BCUT2D eigenvalue weighted by atomic mass is 35.5. The highest BCUT2D eigenvalue weighted by Gasteiger charge is 2.45. The van der Waals surface area contributed by atoms with Gasteiger partial charge in [0.25, 0.3) is 5.56 Å². The van der Waals surface area contributed by atoms with Crippen LogP contribution in [0.3, 0.4) is 0 Å². The number of carbonyl (C=O) groups is 2. The molecule has 2 unspecified atom stereocenters. The molecule has 2 heterocycles. The molecule has 1 aliphatic heterocycles. The van der Waals surface area contributed by atoms with Crippen LogP contribution in [0, 0.1) is 17.6 Å². The van der Waals surface area contributed by atoms with Gasteiger partial charge in [-0.3, -0.25) is 9.59 Å². The number of carbonyl (C=O) groups excluding carboxylic acids is 2. The van der Waals surface area contributed by atoms with E-state index in [0.717, 1.165) is 29.7 Å². The van der Waals surface area contributed by atoms with Gasteiger partial charge in [-0.2, -0.15) is 0 Å². The summed E-state index contributed by atoms with van der Waals surface area (Å²) in [6.07, 6.45) is 3.68. The molecule has 0 radical (unpaired) electrons. The summed E-state index contributed by atoms with van der Waals surface area (Å²) < 4.78 is 42.0. The Hall–Kier alpha value is -3.96. The van der Waals surface area contributed by atoms with Gasteiger partial charge in [0.1, 0.15) is 23.1 Å². The summed E-state index contributed by atoms with van der Waals surface area (Å²) in [4.78, 5) is 41.2. The number of nitrogens with one attached hydrogen (secondary N) is 2. The fourth-order valence-electron chi connectivity index (χ4n) is 5.94. The van der Waals surface area contributed by atoms with E-state index in [0.29, 0.717) is 17.9 Å². The van der Waals surface area contributed by atoms with Crippen molar-refractivity contribution in [1.29, 1.82) is 0 Å². The zero-order valence-corrected chi connectivity index (χ0v) is 24.6. The summed E-state index contributed by atoms with van der Waals surface area (Å²) in [5.74, 6) is -4.31. The number of nitrogens with zero attached hydrogens (tertiary/aromatic N) is 2. The molecule has 228 valence electrons. The Morgan fingerprint density at radius 3 is 2.58 bits per heavy atom. The second-order valence-electron chi connectivity index (χ2n) is 10.8. The number of ether oxygens (including phenoxy) is 2. The van der Waals surface area contributed by atoms with E-state index < -0.39 is 41.0 Å². The molecule has 0 spiro atoms. The summed E-state index contributed by atoms with van der Waals surface area (Å²) in [6, 6.07) is 10.3. The largest absolute Gasteiger partial charge is 0.497 e. The van der Waals surface area contributed by atoms with Crippen LogP contribution in [-0.4, -0.2) is 56.5 Å². The van der Waals surface area contributed by atoms with Crippen LogP contribution in [0.5, 0.6) is 5.75 Å². The number of benzene rings is 2. The molecule has 2 aromatic carbocycles. The third-order valence-corrected chi connectivity index (χ3v) is 8.38. The number of fused-ring (bicyclic) bond motifs is 1. The normalized spacial score (nSPS) is 19.7. The van der Waals surface area contributed by atoms with Gasteiger partial charge in [0.2, 0.25) is 5.91 Å². The number of aromatic nitrogens is 1. The number of hydrogen-bond acceptors (Lipinski definition) is 5. The lowest BCUT2D eigenvalue weighted by molar-refractivity contribution is -0.120. The maximum absolute atomic E-state index is 15.3. The molecule has 2 aliphatic rings. The molecule has 0 bridgehead atoms. The van der Waals surface area contributed by atoms with E-state index in [1.54, 1.807) is 12.3 Å². The van der Waals surface area contributed by atoms with Gasteiger partial charge in [0.05, 0.1) is 19.6 Å². The van der Waals surface area contributed by atoms with E-state index in [-0.39, 0.29) is 49.3 Å². The lowest BCUT2D eigenvalue weighted by Crippen LogP contribution is -2.47. The third kappa shape index (κ3) is 6.52. The average molecular weight is 615 g/mol. The molecule has 5 rings (SSSR count). The molecule has 3 aromatic rings. The topological polar surface area (TPSA) is 102 Å². The van der Waals surface area contributed by atoms with E-state index in [1.165, 1.54) is 29.8 Å². The maximum Gasteiger partial charge on any atom is 0.315 e. The minimum Gasteiger partial charge on any atom is -0.497 e. The number of hydrogen-bond donors (Lipinski definition) is 2. The van der Waals surface area contributed by atoms with Crippen molar-refractivity contribution in [2.24, 2.45) is 5.92 Å². The number of pyridine rings is 1. The van der Waals surface area contributed by atoms with Gasteiger partial charge in [-0.15, -0.1) is 0 Å². The first-order chi connectivity index (χ1) is 20.7. The number of anilines is 1. The lowest BCUT2D eigenvalue weighted by Gasteiger charge is -2.26. The minimum absolute atomic E-state index is 0.00519. The van der Waals surface area contributed by atoms with E-state index >= 15 is 8.78 Å². The summed E-state index contributed by atoms with van der Waals surface area (Å²) in [5, 5.41) is 6.35. The monoisotopic (exact) mass is 614 g/mol. The van der Waals surface area contributed by atoms with Crippen LogP contribution in [0.25, 0.3) is 0 Å². The summed E-state index contributed by atoms with van der Waals surface area (Å²) in [5.41, 5.74) is 1.59. The molecule has 12 heteroatoms. The van der Waals surface area contributed by atoms with Crippen LogP contribution in [0.4, 0.5) is 19.3 Å². The SMILES string of the molecule is COCCn1cccc(N2C[C@@H](c3c(F)cc(OC)cc3F)C(CNC(=O)NC3CCc4cc(Cl)ccc4C3)C2=O)c1=O. The van der Waals surface area contributed by atoms with Gasteiger partial charge < -0.3 is 29.6 Å². The zero-order valence-electron chi connectivity index (χ0n) is 23.9. The quantitative estimate of drug-likeness (QED) is 0.379. The van der Waals surface area contributed by atoms with Crippen LogP contribution in [-0.2, 0) is 28.9 Å². The maximum atomic E-state index is 15.3. The smallest absolute Gasteiger partial charge is 0.315 e. The minimum atomic E-state index is -1.04. The highest BCUT2D eigenvalue weighted by Crippen LogP contribution is 2.39. The Morgan fingerprint density at radius 1 is 1.09 bits per heavy atom. The van der Waals surface area contributed by atoms with E-state index in [1.807, 2.05) is 18.2 Å². The standard InChI is InChI=1S/C31H33ClF2N4O5/c1-42-11-10-37-9-3-4-27(30(37)40)38-17-24(28-25(33)14-22(43-2)15-26(28)34)23(29(38)39)16-35-31(41)36-21-8-6-18-12-20(32)7-5-19(18)13-21/h3-5,7,9,12,14-15,21,23-24H,6,8,10-11,13,16-17H2,1-2H3,(H2,35,36,41)/t21?,23?,24-/m1/s1. The average Bonchev–Trinajstić information content (AvgIpc) is 3.30. The lowest BCUT2D eigenvalue weighted by atomic mass is 9.87. The third-order valence-electron chi connectivity index (χ3n) is 8.15. The van der Waals surface area contributed by atoms with E-state index in [9.17, 15) is 14.4 Å². The molecule has 2 N–H and O–H groups in total. The Morgan fingerprint density at radius 2 is 1.86 bits per heavy atom. The Bertz CT molecular complexity index is 1560. The number of rotatable bonds is 9. The van der Waals surface area contributed by atoms with Gasteiger partial charge in [0.15, 0.2) is 0 Å². The molecule has 1 fully saturated rings. The Labute approximate surface area is 252 Å². The number of urea groups is 1. The Balaban J connectivity index is 1.37. The van der Waals surface area contributed by atoms with Crippen LogP contribution in [0.15, 0.2) is 53.5 Å². The molecule has 3 amide bonds. The van der Waals surface area contributed by atoms with Crippen LogP contribution < -0.4 is 25.8 Å². The van der Waals surface area contributed by atoms with Gasteiger partial charge in [0, 0.05) is 67.6 Å². The van der Waals surface area contributed by atoms with Crippen molar-refractivity contribution in [1.82, 2.24) is 15.2 Å². The second-order valence-corrected chi connectivity index (χ2v) is 11.2. The van der Waals surface area contributed by atoms with E-state index in [2.05, 4.69) is 10.6 Å². The van der Waals surface area contributed by atoms with Gasteiger partial charge in [-0.1, -0.05) is 17.7 Å². The first-order valence-electron chi connectivity index (χ1n) is 14.0. The van der Waals surface area contributed by atoms with Crippen LogP contribution in [0.2, 0.25) is 5.02 Å². The van der Waals surface area contributed by atoms with Crippen LogP contribution >= 0.6 is 11.6 Å². The number of halogens is 3. The van der Waals surface area contributed by atoms with Gasteiger partial charge in [-0.05, 0) is 54.7 Å². The number of methoxy groups -OCH3 is 2. The highest BCUT2D eigenvalue weighted by molar-refractivity contribution is 6.30. The molecular weight excluding hydrogens is 582 g/mol. The predicted octanol–water partition coefficient (Wildman–Crippen LogP) is 4.04. The van der Waals surface area contributed by atoms with Crippen molar-refractivity contribution in [2.45, 2.75) is 37.8 Å². The summed E-state index contributed by atoms with van der Waals surface area (Å²) in [6.45, 7) is 0.198. The Kier molecular flexibility index (Phi) is 9.31. The molecular formula is C31H33ClF2N4O5. The van der Waals surface area contributed by atoms with E-state index in [4.69, 9.17) is 21.1 Å². The molecule has 0 saturated carbocycles. The molecule has 1 aromatic heterocycles. The van der Waals surface area contributed by atoms with Crippen molar-refractivity contribution in [3.63, 3.8) is 0 Å². The fourth-order valence-corrected chi connectivity index (χ4v) is 6.13.